The van der Waals surface area contributed by atoms with Gasteiger partial charge >= 0.3 is 0 Å². The summed E-state index contributed by atoms with van der Waals surface area (Å²) in [6, 6.07) is 11.8. The zero-order chi connectivity index (χ0) is 22.1. The zero-order valence-electron chi connectivity index (χ0n) is 17.4. The molecule has 6 heteroatoms. The van der Waals surface area contributed by atoms with Crippen LogP contribution in [-0.4, -0.2) is 34.4 Å². The van der Waals surface area contributed by atoms with Crippen LogP contribution in [0.1, 0.15) is 68.4 Å². The van der Waals surface area contributed by atoms with Gasteiger partial charge < -0.3 is 5.32 Å². The Balaban J connectivity index is 1.47. The van der Waals surface area contributed by atoms with Crippen LogP contribution in [0.15, 0.2) is 54.7 Å². The average Bonchev–Trinajstić information content (AvgIpc) is 3.02. The Bertz CT molecular complexity index is 1100. The van der Waals surface area contributed by atoms with Crippen LogP contribution in [0, 0.1) is 0 Å². The molecule has 1 saturated heterocycles. The minimum Gasteiger partial charge on any atom is -0.329 e. The Labute approximate surface area is 180 Å². The van der Waals surface area contributed by atoms with Gasteiger partial charge in [-0.3, -0.25) is 24.1 Å². The number of rotatable bonds is 6. The topological polar surface area (TPSA) is 83.6 Å². The summed E-state index contributed by atoms with van der Waals surface area (Å²) in [4.78, 5) is 51.6. The van der Waals surface area contributed by atoms with Gasteiger partial charge in [0.1, 0.15) is 6.04 Å². The van der Waals surface area contributed by atoms with E-state index in [1.807, 2.05) is 24.3 Å². The summed E-state index contributed by atoms with van der Waals surface area (Å²) in [5.41, 5.74) is 3.84. The van der Waals surface area contributed by atoms with Crippen LogP contribution < -0.4 is 5.32 Å². The summed E-state index contributed by atoms with van der Waals surface area (Å²) < 4.78 is 0. The first-order chi connectivity index (χ1) is 14.9. The van der Waals surface area contributed by atoms with Gasteiger partial charge in [-0.15, -0.1) is 0 Å². The molecule has 2 aliphatic heterocycles. The summed E-state index contributed by atoms with van der Waals surface area (Å²) in [7, 11) is 0. The standard InChI is InChI=1S/C25H24N2O4/c1-3-16-5-9-18(10-6-16)22(28)13-8-17-7-11-19-20(14-17)25(31)27(24(19)30)21-12-4-15(2)26-23(21)29/h5-7,9-11,14,21H,2-4,8,12-13H2,1H3,(H,26,29). The second-order valence-electron chi connectivity index (χ2n) is 7.98. The number of benzene rings is 2. The molecular weight excluding hydrogens is 392 g/mol. The molecule has 2 heterocycles. The number of fused-ring (bicyclic) bond motifs is 1. The van der Waals surface area contributed by atoms with Crippen LogP contribution in [0.5, 0.6) is 0 Å². The fourth-order valence-electron chi connectivity index (χ4n) is 4.08. The van der Waals surface area contributed by atoms with Crippen molar-refractivity contribution in [3.05, 3.63) is 82.6 Å². The summed E-state index contributed by atoms with van der Waals surface area (Å²) in [5, 5.41) is 2.62. The Morgan fingerprint density at radius 1 is 1.03 bits per heavy atom. The third-order valence-electron chi connectivity index (χ3n) is 5.94. The molecule has 0 bridgehead atoms. The minimum atomic E-state index is -0.825. The Morgan fingerprint density at radius 2 is 1.71 bits per heavy atom. The van der Waals surface area contributed by atoms with Crippen molar-refractivity contribution in [2.75, 3.05) is 0 Å². The number of amides is 3. The van der Waals surface area contributed by atoms with Crippen molar-refractivity contribution >= 4 is 23.5 Å². The maximum absolute atomic E-state index is 12.9. The van der Waals surface area contributed by atoms with E-state index in [0.717, 1.165) is 16.9 Å². The molecular formula is C25H24N2O4. The molecule has 2 aliphatic rings. The van der Waals surface area contributed by atoms with Crippen molar-refractivity contribution in [2.45, 2.75) is 45.1 Å². The van der Waals surface area contributed by atoms with Crippen LogP contribution in [0.2, 0.25) is 0 Å². The van der Waals surface area contributed by atoms with Gasteiger partial charge in [0.05, 0.1) is 11.1 Å². The highest BCUT2D eigenvalue weighted by molar-refractivity contribution is 6.23. The van der Waals surface area contributed by atoms with Crippen LogP contribution in [0.4, 0.5) is 0 Å². The largest absolute Gasteiger partial charge is 0.329 e. The molecule has 0 radical (unpaired) electrons. The summed E-state index contributed by atoms with van der Waals surface area (Å²) in [5.74, 6) is -1.26. The summed E-state index contributed by atoms with van der Waals surface area (Å²) >= 11 is 0. The lowest BCUT2D eigenvalue weighted by molar-refractivity contribution is -0.125. The molecule has 0 spiro atoms. The number of nitrogens with one attached hydrogen (secondary N) is 1. The summed E-state index contributed by atoms with van der Waals surface area (Å²) in [6.07, 6.45) is 2.59. The average molecular weight is 416 g/mol. The predicted octanol–water partition coefficient (Wildman–Crippen LogP) is 3.45. The Morgan fingerprint density at radius 3 is 2.39 bits per heavy atom. The first-order valence-electron chi connectivity index (χ1n) is 10.5. The molecule has 1 unspecified atom stereocenters. The van der Waals surface area contributed by atoms with Crippen LogP contribution >= 0.6 is 0 Å². The van der Waals surface area contributed by atoms with E-state index in [1.54, 1.807) is 18.2 Å². The molecule has 1 fully saturated rings. The van der Waals surface area contributed by atoms with Crippen molar-refractivity contribution < 1.29 is 19.2 Å². The molecule has 3 amide bonds. The lowest BCUT2D eigenvalue weighted by atomic mass is 9.99. The van der Waals surface area contributed by atoms with Gasteiger partial charge in [-0.25, -0.2) is 0 Å². The molecule has 2 aromatic carbocycles. The maximum Gasteiger partial charge on any atom is 0.262 e. The molecule has 1 N–H and O–H groups in total. The fourth-order valence-corrected chi connectivity index (χ4v) is 4.08. The smallest absolute Gasteiger partial charge is 0.262 e. The van der Waals surface area contributed by atoms with E-state index in [0.29, 0.717) is 48.1 Å². The van der Waals surface area contributed by atoms with E-state index in [4.69, 9.17) is 0 Å². The summed E-state index contributed by atoms with van der Waals surface area (Å²) in [6.45, 7) is 5.80. The number of imide groups is 1. The molecule has 6 nitrogen and oxygen atoms in total. The van der Waals surface area contributed by atoms with Crippen LogP contribution in [0.25, 0.3) is 0 Å². The van der Waals surface area contributed by atoms with Crippen LogP contribution in [-0.2, 0) is 17.6 Å². The number of hydrogen-bond acceptors (Lipinski definition) is 4. The van der Waals surface area contributed by atoms with Gasteiger partial charge in [0.25, 0.3) is 11.8 Å². The molecule has 31 heavy (non-hydrogen) atoms. The first kappa shape index (κ1) is 20.7. The monoisotopic (exact) mass is 416 g/mol. The number of Topliss-reactive ketones (excluding diaryl/α,β-unsaturated/α-hetero) is 1. The SMILES string of the molecule is C=C1CCC(N2C(=O)c3ccc(CCC(=O)c4ccc(CC)cc4)cc3C2=O)C(=O)N1. The van der Waals surface area contributed by atoms with E-state index >= 15 is 0 Å². The van der Waals surface area contributed by atoms with Crippen molar-refractivity contribution in [3.8, 4) is 0 Å². The number of piperidine rings is 1. The maximum atomic E-state index is 12.9. The highest BCUT2D eigenvalue weighted by Crippen LogP contribution is 2.29. The number of aryl methyl sites for hydroxylation is 2. The number of nitrogens with zero attached hydrogens (tertiary/aromatic N) is 1. The lowest BCUT2D eigenvalue weighted by Gasteiger charge is -2.29. The Kier molecular flexibility index (Phi) is 5.55. The number of carbonyl (C=O) groups is 4. The van der Waals surface area contributed by atoms with Gasteiger partial charge in [-0.2, -0.15) is 0 Å². The third-order valence-corrected chi connectivity index (χ3v) is 5.94. The van der Waals surface area contributed by atoms with Gasteiger partial charge in [0.15, 0.2) is 5.78 Å². The second-order valence-corrected chi connectivity index (χ2v) is 7.98. The number of allylic oxidation sites excluding steroid dienone is 1. The quantitative estimate of drug-likeness (QED) is 0.578. The normalized spacial score (nSPS) is 18.2. The Hall–Kier alpha value is -3.54. The van der Waals surface area contributed by atoms with Gasteiger partial charge in [-0.1, -0.05) is 43.8 Å². The van der Waals surface area contributed by atoms with E-state index in [2.05, 4.69) is 18.8 Å². The van der Waals surface area contributed by atoms with Gasteiger partial charge in [-0.05, 0) is 48.9 Å². The van der Waals surface area contributed by atoms with Crippen LogP contribution in [0.3, 0.4) is 0 Å². The van der Waals surface area contributed by atoms with Crippen molar-refractivity contribution in [1.82, 2.24) is 10.2 Å². The van der Waals surface area contributed by atoms with E-state index in [1.165, 1.54) is 5.56 Å². The van der Waals surface area contributed by atoms with Gasteiger partial charge in [0, 0.05) is 17.7 Å². The lowest BCUT2D eigenvalue weighted by Crippen LogP contribution is -2.51. The third kappa shape index (κ3) is 3.93. The number of ketones is 1. The second kappa shape index (κ2) is 8.30. The first-order valence-corrected chi connectivity index (χ1v) is 10.5. The molecule has 0 saturated carbocycles. The number of carbonyl (C=O) groups excluding carboxylic acids is 4. The van der Waals surface area contributed by atoms with E-state index < -0.39 is 17.9 Å². The minimum absolute atomic E-state index is 0.0336. The predicted molar refractivity (Wildman–Crippen MR) is 116 cm³/mol. The van der Waals surface area contributed by atoms with Gasteiger partial charge in [0.2, 0.25) is 5.91 Å². The zero-order valence-corrected chi connectivity index (χ0v) is 17.4. The van der Waals surface area contributed by atoms with Crippen molar-refractivity contribution in [1.29, 1.82) is 0 Å². The molecule has 4 rings (SSSR count). The fraction of sp³-hybridized carbons (Fsp3) is 0.280. The number of hydrogen-bond donors (Lipinski definition) is 1. The van der Waals surface area contributed by atoms with Crippen molar-refractivity contribution in [3.63, 3.8) is 0 Å². The highest BCUT2D eigenvalue weighted by atomic mass is 16.2. The van der Waals surface area contributed by atoms with E-state index in [9.17, 15) is 19.2 Å². The highest BCUT2D eigenvalue weighted by Gasteiger charge is 2.43. The van der Waals surface area contributed by atoms with Crippen molar-refractivity contribution in [2.24, 2.45) is 0 Å². The molecule has 158 valence electrons. The molecule has 0 aliphatic carbocycles. The molecule has 0 aromatic heterocycles. The van der Waals surface area contributed by atoms with E-state index in [-0.39, 0.29) is 11.7 Å². The molecule has 1 atom stereocenters. The molecule has 2 aromatic rings.